The molecule has 1 atom stereocenters. The molecule has 0 aromatic heterocycles. The number of hydrogen-bond acceptors (Lipinski definition) is 2. The van der Waals surface area contributed by atoms with E-state index in [0.717, 1.165) is 0 Å². The molecular weight excluding hydrogens is 125 g/mol. The number of rotatable bonds is 3. The van der Waals surface area contributed by atoms with Gasteiger partial charge < -0.3 is 11.3 Å². The van der Waals surface area contributed by atoms with Crippen LogP contribution in [0.4, 0.5) is 4.39 Å². The van der Waals surface area contributed by atoms with Gasteiger partial charge in [-0.2, -0.15) is 0 Å². The average molecular weight is 137 g/mol. The van der Waals surface area contributed by atoms with Gasteiger partial charge in [-0.3, -0.25) is 0 Å². The van der Waals surface area contributed by atoms with E-state index in [-0.39, 0.29) is 12.6 Å². The Morgan fingerprint density at radius 3 is 2.33 bits per heavy atom. The smallest absolute Gasteiger partial charge is 0.338 e. The molecule has 56 valence electrons. The standard InChI is InChI=1S/C5H9FO2.H3N/c1-2-3-4(6)5(7)8;/h4H,2-3H2,1H3,(H,7,8);1H3. The third-order valence-corrected chi connectivity index (χ3v) is 0.810. The van der Waals surface area contributed by atoms with E-state index in [4.69, 9.17) is 5.11 Å². The summed E-state index contributed by atoms with van der Waals surface area (Å²) in [7, 11) is 0. The quantitative estimate of drug-likeness (QED) is 0.617. The Labute approximate surface area is 53.5 Å². The molecule has 1 unspecified atom stereocenters. The van der Waals surface area contributed by atoms with Gasteiger partial charge in [-0.1, -0.05) is 13.3 Å². The van der Waals surface area contributed by atoms with Gasteiger partial charge in [0.1, 0.15) is 0 Å². The summed E-state index contributed by atoms with van der Waals surface area (Å²) in [6, 6.07) is 0. The van der Waals surface area contributed by atoms with Crippen LogP contribution in [0.5, 0.6) is 0 Å². The molecule has 0 bridgehead atoms. The minimum atomic E-state index is -1.67. The van der Waals surface area contributed by atoms with E-state index in [9.17, 15) is 9.18 Å². The van der Waals surface area contributed by atoms with Crippen LogP contribution in [0.1, 0.15) is 19.8 Å². The third-order valence-electron chi connectivity index (χ3n) is 0.810. The van der Waals surface area contributed by atoms with E-state index in [1.807, 2.05) is 0 Å². The topological polar surface area (TPSA) is 72.3 Å². The van der Waals surface area contributed by atoms with Crippen molar-refractivity contribution < 1.29 is 14.3 Å². The molecule has 3 nitrogen and oxygen atoms in total. The van der Waals surface area contributed by atoms with Crippen molar-refractivity contribution in [1.82, 2.24) is 6.15 Å². The number of aliphatic carboxylic acids is 1. The van der Waals surface area contributed by atoms with Crippen LogP contribution in [0.2, 0.25) is 0 Å². The molecule has 0 aromatic carbocycles. The highest BCUT2D eigenvalue weighted by atomic mass is 19.1. The summed E-state index contributed by atoms with van der Waals surface area (Å²) in [5.41, 5.74) is 0. The molecule has 0 rings (SSSR count). The number of carboxylic acid groups (broad SMARTS) is 1. The minimum absolute atomic E-state index is 0. The fourth-order valence-electron chi connectivity index (χ4n) is 0.377. The Balaban J connectivity index is 0. The maximum absolute atomic E-state index is 11.9. The second-order valence-corrected chi connectivity index (χ2v) is 1.59. The van der Waals surface area contributed by atoms with Crippen molar-refractivity contribution in [1.29, 1.82) is 0 Å². The van der Waals surface area contributed by atoms with Gasteiger partial charge in [0.2, 0.25) is 0 Å². The van der Waals surface area contributed by atoms with E-state index in [1.165, 1.54) is 0 Å². The Bertz CT molecular complexity index is 87.0. The number of halogens is 1. The zero-order valence-electron chi connectivity index (χ0n) is 5.43. The fraction of sp³-hybridized carbons (Fsp3) is 0.800. The lowest BCUT2D eigenvalue weighted by atomic mass is 10.2. The van der Waals surface area contributed by atoms with Crippen molar-refractivity contribution in [3.8, 4) is 0 Å². The monoisotopic (exact) mass is 137 g/mol. The zero-order valence-corrected chi connectivity index (χ0v) is 5.43. The molecule has 0 spiro atoms. The first-order valence-corrected chi connectivity index (χ1v) is 2.55. The minimum Gasteiger partial charge on any atom is -0.479 e. The molecule has 9 heavy (non-hydrogen) atoms. The van der Waals surface area contributed by atoms with Crippen LogP contribution in [0.15, 0.2) is 0 Å². The lowest BCUT2D eigenvalue weighted by Gasteiger charge is -1.96. The first-order valence-electron chi connectivity index (χ1n) is 2.55. The Hall–Kier alpha value is -0.640. The van der Waals surface area contributed by atoms with Gasteiger partial charge in [0.15, 0.2) is 6.17 Å². The van der Waals surface area contributed by atoms with Crippen molar-refractivity contribution in [3.05, 3.63) is 0 Å². The highest BCUT2D eigenvalue weighted by molar-refractivity contribution is 5.71. The van der Waals surface area contributed by atoms with E-state index in [0.29, 0.717) is 6.42 Å². The Kier molecular flexibility index (Phi) is 6.84. The summed E-state index contributed by atoms with van der Waals surface area (Å²) in [6.45, 7) is 1.75. The summed E-state index contributed by atoms with van der Waals surface area (Å²) >= 11 is 0. The van der Waals surface area contributed by atoms with E-state index < -0.39 is 12.1 Å². The molecule has 0 aliphatic heterocycles. The van der Waals surface area contributed by atoms with Gasteiger partial charge in [-0.25, -0.2) is 9.18 Å². The van der Waals surface area contributed by atoms with E-state index in [2.05, 4.69) is 0 Å². The zero-order chi connectivity index (χ0) is 6.57. The lowest BCUT2D eigenvalue weighted by molar-refractivity contribution is -0.143. The van der Waals surface area contributed by atoms with Crippen molar-refractivity contribution in [2.24, 2.45) is 0 Å². The molecule has 0 saturated carbocycles. The molecule has 0 heterocycles. The lowest BCUT2D eigenvalue weighted by Crippen LogP contribution is -2.13. The Morgan fingerprint density at radius 2 is 2.22 bits per heavy atom. The predicted molar refractivity (Wildman–Crippen MR) is 32.5 cm³/mol. The maximum atomic E-state index is 11.9. The largest absolute Gasteiger partial charge is 0.479 e. The average Bonchev–Trinajstić information content (AvgIpc) is 1.67. The van der Waals surface area contributed by atoms with Gasteiger partial charge in [0, 0.05) is 0 Å². The summed E-state index contributed by atoms with van der Waals surface area (Å²) in [5.74, 6) is -1.35. The van der Waals surface area contributed by atoms with Crippen LogP contribution >= 0.6 is 0 Å². The molecule has 4 heteroatoms. The van der Waals surface area contributed by atoms with Gasteiger partial charge in [0.25, 0.3) is 0 Å². The molecule has 0 aliphatic rings. The van der Waals surface area contributed by atoms with Gasteiger partial charge in [-0.05, 0) is 6.42 Å². The van der Waals surface area contributed by atoms with Crippen molar-refractivity contribution in [2.45, 2.75) is 25.9 Å². The molecule has 0 aromatic rings. The normalized spacial score (nSPS) is 11.8. The molecule has 0 amide bonds. The van der Waals surface area contributed by atoms with Crippen LogP contribution in [0.25, 0.3) is 0 Å². The maximum Gasteiger partial charge on any atom is 0.338 e. The van der Waals surface area contributed by atoms with Crippen molar-refractivity contribution in [3.63, 3.8) is 0 Å². The number of carbonyl (C=O) groups is 1. The first kappa shape index (κ1) is 11.2. The van der Waals surface area contributed by atoms with E-state index >= 15 is 0 Å². The molecule has 0 fully saturated rings. The number of alkyl halides is 1. The highest BCUT2D eigenvalue weighted by Crippen LogP contribution is 1.99. The van der Waals surface area contributed by atoms with Gasteiger partial charge in [0.05, 0.1) is 0 Å². The SMILES string of the molecule is CCCC(F)C(=O)O.N. The van der Waals surface area contributed by atoms with Crippen LogP contribution < -0.4 is 6.15 Å². The molecule has 0 radical (unpaired) electrons. The second-order valence-electron chi connectivity index (χ2n) is 1.59. The van der Waals surface area contributed by atoms with Crippen LogP contribution in [0, 0.1) is 0 Å². The van der Waals surface area contributed by atoms with Crippen molar-refractivity contribution >= 4 is 5.97 Å². The van der Waals surface area contributed by atoms with Crippen molar-refractivity contribution in [2.75, 3.05) is 0 Å². The summed E-state index contributed by atoms with van der Waals surface area (Å²) in [6.07, 6.45) is -0.969. The number of hydrogen-bond donors (Lipinski definition) is 2. The molecule has 0 saturated heterocycles. The van der Waals surface area contributed by atoms with Crippen LogP contribution in [-0.2, 0) is 4.79 Å². The predicted octanol–water partition coefficient (Wildman–Crippen LogP) is 1.37. The van der Waals surface area contributed by atoms with E-state index in [1.54, 1.807) is 6.92 Å². The van der Waals surface area contributed by atoms with Crippen LogP contribution in [-0.4, -0.2) is 17.2 Å². The summed E-state index contributed by atoms with van der Waals surface area (Å²) < 4.78 is 11.9. The highest BCUT2D eigenvalue weighted by Gasteiger charge is 2.12. The van der Waals surface area contributed by atoms with Gasteiger partial charge in [-0.15, -0.1) is 0 Å². The summed E-state index contributed by atoms with van der Waals surface area (Å²) in [4.78, 5) is 9.71. The number of carboxylic acids is 1. The second kappa shape index (κ2) is 5.50. The van der Waals surface area contributed by atoms with Crippen LogP contribution in [0.3, 0.4) is 0 Å². The molecule has 0 aliphatic carbocycles. The molecule has 4 N–H and O–H groups in total. The summed E-state index contributed by atoms with van der Waals surface area (Å²) in [5, 5.41) is 7.94. The first-order chi connectivity index (χ1) is 3.68. The third kappa shape index (κ3) is 5.23. The van der Waals surface area contributed by atoms with Gasteiger partial charge >= 0.3 is 5.97 Å². The fourth-order valence-corrected chi connectivity index (χ4v) is 0.377. The Morgan fingerprint density at radius 1 is 1.78 bits per heavy atom. The molecular formula is C5H12FNO2.